The van der Waals surface area contributed by atoms with Crippen LogP contribution in [0.25, 0.3) is 0 Å². The second-order valence-corrected chi connectivity index (χ2v) is 8.69. The molecule has 0 saturated heterocycles. The quantitative estimate of drug-likeness (QED) is 0.498. The maximum Gasteiger partial charge on any atom is 0.0597 e. The van der Waals surface area contributed by atoms with Gasteiger partial charge in [0.2, 0.25) is 0 Å². The molecule has 5 atom stereocenters. The highest BCUT2D eigenvalue weighted by molar-refractivity contribution is 6.32. The SMILES string of the molecule is CC#Cc1ccc2c(c1Cl)CCC1C2CC[C@@]2(C)C1CC[C@@H]2C. The summed E-state index contributed by atoms with van der Waals surface area (Å²) in [5.41, 5.74) is 4.56. The molecule has 0 N–H and O–H groups in total. The van der Waals surface area contributed by atoms with Crippen LogP contribution in [0.2, 0.25) is 5.02 Å². The van der Waals surface area contributed by atoms with E-state index in [0.717, 1.165) is 40.7 Å². The van der Waals surface area contributed by atoms with Gasteiger partial charge in [-0.25, -0.2) is 0 Å². The molecular weight excluding hydrogens is 300 g/mol. The minimum atomic E-state index is 0.593. The minimum absolute atomic E-state index is 0.593. The monoisotopic (exact) mass is 326 g/mol. The van der Waals surface area contributed by atoms with Crippen molar-refractivity contribution in [1.29, 1.82) is 0 Å². The summed E-state index contributed by atoms with van der Waals surface area (Å²) in [7, 11) is 0. The van der Waals surface area contributed by atoms with Gasteiger partial charge in [0.05, 0.1) is 5.02 Å². The van der Waals surface area contributed by atoms with Gasteiger partial charge in [0.25, 0.3) is 0 Å². The zero-order valence-corrected chi connectivity index (χ0v) is 15.3. The summed E-state index contributed by atoms with van der Waals surface area (Å²) in [6, 6.07) is 4.50. The molecule has 0 heterocycles. The smallest absolute Gasteiger partial charge is 0.0597 e. The summed E-state index contributed by atoms with van der Waals surface area (Å²) < 4.78 is 0. The lowest BCUT2D eigenvalue weighted by Crippen LogP contribution is -2.41. The van der Waals surface area contributed by atoms with E-state index >= 15 is 0 Å². The Morgan fingerprint density at radius 1 is 1.17 bits per heavy atom. The van der Waals surface area contributed by atoms with E-state index in [0.29, 0.717) is 5.41 Å². The molecule has 0 bridgehead atoms. The van der Waals surface area contributed by atoms with E-state index in [2.05, 4.69) is 37.8 Å². The van der Waals surface area contributed by atoms with Gasteiger partial charge < -0.3 is 0 Å². The Balaban J connectivity index is 1.72. The lowest BCUT2D eigenvalue weighted by atomic mass is 9.54. The van der Waals surface area contributed by atoms with Crippen LogP contribution in [-0.2, 0) is 6.42 Å². The lowest BCUT2D eigenvalue weighted by Gasteiger charge is -2.50. The number of halogens is 1. The Kier molecular flexibility index (Phi) is 3.77. The van der Waals surface area contributed by atoms with Gasteiger partial charge in [-0.1, -0.05) is 37.4 Å². The summed E-state index contributed by atoms with van der Waals surface area (Å²) in [4.78, 5) is 0. The third kappa shape index (κ3) is 2.20. The predicted molar refractivity (Wildman–Crippen MR) is 97.8 cm³/mol. The van der Waals surface area contributed by atoms with Crippen molar-refractivity contribution in [1.82, 2.24) is 0 Å². The molecule has 3 unspecified atom stereocenters. The van der Waals surface area contributed by atoms with Crippen LogP contribution in [0.15, 0.2) is 12.1 Å². The highest BCUT2D eigenvalue weighted by Gasteiger charge is 2.53. The lowest BCUT2D eigenvalue weighted by molar-refractivity contribution is 0.0337. The van der Waals surface area contributed by atoms with Crippen LogP contribution < -0.4 is 0 Å². The maximum absolute atomic E-state index is 6.70. The molecule has 4 rings (SSSR count). The van der Waals surface area contributed by atoms with E-state index in [1.807, 2.05) is 6.92 Å². The van der Waals surface area contributed by atoms with Crippen molar-refractivity contribution in [3.8, 4) is 11.8 Å². The molecule has 2 saturated carbocycles. The van der Waals surface area contributed by atoms with E-state index in [1.165, 1.54) is 37.7 Å². The van der Waals surface area contributed by atoms with Gasteiger partial charge in [-0.2, -0.15) is 0 Å². The number of hydrogen-bond acceptors (Lipinski definition) is 0. The third-order valence-electron chi connectivity index (χ3n) is 7.58. The van der Waals surface area contributed by atoms with Gasteiger partial charge in [0.1, 0.15) is 0 Å². The third-order valence-corrected chi connectivity index (χ3v) is 8.01. The molecule has 1 aromatic rings. The highest BCUT2D eigenvalue weighted by atomic mass is 35.5. The molecule has 0 radical (unpaired) electrons. The summed E-state index contributed by atoms with van der Waals surface area (Å²) in [5.74, 6) is 9.61. The fourth-order valence-electron chi connectivity index (χ4n) is 6.12. The van der Waals surface area contributed by atoms with Crippen molar-refractivity contribution in [2.75, 3.05) is 0 Å². The fourth-order valence-corrected chi connectivity index (χ4v) is 6.43. The number of benzene rings is 1. The van der Waals surface area contributed by atoms with E-state index in [1.54, 1.807) is 5.56 Å². The summed E-state index contributed by atoms with van der Waals surface area (Å²) in [6.45, 7) is 6.95. The van der Waals surface area contributed by atoms with Gasteiger partial charge in [-0.15, -0.1) is 5.92 Å². The zero-order valence-electron chi connectivity index (χ0n) is 14.6. The molecule has 23 heavy (non-hydrogen) atoms. The molecule has 0 spiro atoms. The van der Waals surface area contributed by atoms with Crippen molar-refractivity contribution >= 4 is 11.6 Å². The van der Waals surface area contributed by atoms with Crippen molar-refractivity contribution in [3.63, 3.8) is 0 Å². The Morgan fingerprint density at radius 2 is 2.00 bits per heavy atom. The van der Waals surface area contributed by atoms with Gasteiger partial charge in [-0.3, -0.25) is 0 Å². The highest BCUT2D eigenvalue weighted by Crippen LogP contribution is 2.63. The largest absolute Gasteiger partial charge is 0.101 e. The first-order chi connectivity index (χ1) is 11.1. The first kappa shape index (κ1) is 15.6. The average molecular weight is 327 g/mol. The van der Waals surface area contributed by atoms with Gasteiger partial charge >= 0.3 is 0 Å². The van der Waals surface area contributed by atoms with E-state index in [4.69, 9.17) is 11.6 Å². The van der Waals surface area contributed by atoms with Crippen LogP contribution >= 0.6 is 11.6 Å². The number of fused-ring (bicyclic) bond motifs is 5. The maximum atomic E-state index is 6.70. The summed E-state index contributed by atoms with van der Waals surface area (Å²) >= 11 is 6.70. The van der Waals surface area contributed by atoms with Crippen LogP contribution in [0.1, 0.15) is 75.5 Å². The zero-order chi connectivity index (χ0) is 16.2. The molecule has 3 aliphatic rings. The molecule has 1 aromatic carbocycles. The van der Waals surface area contributed by atoms with E-state index < -0.39 is 0 Å². The molecule has 122 valence electrons. The van der Waals surface area contributed by atoms with Crippen molar-refractivity contribution in [3.05, 3.63) is 33.8 Å². The molecule has 0 nitrogen and oxygen atoms in total. The Bertz CT molecular complexity index is 692. The Hall–Kier alpha value is -0.930. The normalized spacial score (nSPS) is 38.1. The topological polar surface area (TPSA) is 0 Å². The van der Waals surface area contributed by atoms with Crippen LogP contribution in [0.5, 0.6) is 0 Å². The molecular formula is C22H27Cl. The average Bonchev–Trinajstić information content (AvgIpc) is 2.85. The van der Waals surface area contributed by atoms with E-state index in [9.17, 15) is 0 Å². The van der Waals surface area contributed by atoms with Crippen LogP contribution in [0, 0.1) is 35.0 Å². The fraction of sp³-hybridized carbons (Fsp3) is 0.636. The first-order valence-corrected chi connectivity index (χ1v) is 9.68. The molecule has 0 aromatic heterocycles. The number of rotatable bonds is 0. The molecule has 1 heteroatoms. The van der Waals surface area contributed by atoms with Crippen molar-refractivity contribution in [2.24, 2.45) is 23.2 Å². The molecule has 3 aliphatic carbocycles. The van der Waals surface area contributed by atoms with Gasteiger partial charge in [0, 0.05) is 5.56 Å². The Labute approximate surface area is 146 Å². The molecule has 0 amide bonds. The van der Waals surface area contributed by atoms with Crippen LogP contribution in [0.3, 0.4) is 0 Å². The second-order valence-electron chi connectivity index (χ2n) is 8.31. The predicted octanol–water partition coefficient (Wildman–Crippen LogP) is 6.20. The van der Waals surface area contributed by atoms with Crippen LogP contribution in [-0.4, -0.2) is 0 Å². The molecule has 2 fully saturated rings. The summed E-state index contributed by atoms with van der Waals surface area (Å²) in [5, 5.41) is 0.934. The minimum Gasteiger partial charge on any atom is -0.101 e. The second kappa shape index (κ2) is 5.56. The number of hydrogen-bond donors (Lipinski definition) is 0. The van der Waals surface area contributed by atoms with Crippen molar-refractivity contribution in [2.45, 2.75) is 65.2 Å². The molecule has 0 aliphatic heterocycles. The first-order valence-electron chi connectivity index (χ1n) is 9.30. The van der Waals surface area contributed by atoms with Crippen molar-refractivity contribution < 1.29 is 0 Å². The van der Waals surface area contributed by atoms with Gasteiger partial charge in [-0.05, 0) is 91.7 Å². The standard InChI is InChI=1S/C22H27Cl/c1-4-5-15-7-8-16-17-12-13-22(3)14(2)6-11-20(22)18(17)9-10-19(16)21(15)23/h7-8,14,17-18,20H,6,9-13H2,1-3H3/t14-,17?,18?,20?,22+/m0/s1. The van der Waals surface area contributed by atoms with Gasteiger partial charge in [0.15, 0.2) is 0 Å². The summed E-state index contributed by atoms with van der Waals surface area (Å²) in [6.07, 6.45) is 8.10. The Morgan fingerprint density at radius 3 is 2.78 bits per heavy atom. The van der Waals surface area contributed by atoms with Crippen LogP contribution in [0.4, 0.5) is 0 Å². The van der Waals surface area contributed by atoms with E-state index in [-0.39, 0.29) is 0 Å².